The zero-order valence-electron chi connectivity index (χ0n) is 12.8. The van der Waals surface area contributed by atoms with E-state index in [4.69, 9.17) is 4.74 Å². The number of benzene rings is 2. The van der Waals surface area contributed by atoms with Gasteiger partial charge in [-0.2, -0.15) is 0 Å². The molecule has 0 saturated heterocycles. The molecule has 0 aliphatic carbocycles. The molecule has 23 heavy (non-hydrogen) atoms. The SMILES string of the molecule is CCSc1ccc(C(=O)Nc2nc3ccc(OC)cc3s2)cc1. The maximum absolute atomic E-state index is 12.3. The van der Waals surface area contributed by atoms with E-state index in [0.717, 1.165) is 26.6 Å². The number of methoxy groups -OCH3 is 1. The van der Waals surface area contributed by atoms with Gasteiger partial charge in [-0.15, -0.1) is 11.8 Å². The molecule has 0 aliphatic heterocycles. The molecule has 0 radical (unpaired) electrons. The Morgan fingerprint density at radius 2 is 2.04 bits per heavy atom. The molecule has 1 N–H and O–H groups in total. The van der Waals surface area contributed by atoms with Crippen molar-refractivity contribution in [1.82, 2.24) is 4.98 Å². The van der Waals surface area contributed by atoms with E-state index in [1.54, 1.807) is 18.9 Å². The lowest BCUT2D eigenvalue weighted by Gasteiger charge is -2.03. The van der Waals surface area contributed by atoms with E-state index >= 15 is 0 Å². The number of fused-ring (bicyclic) bond motifs is 1. The van der Waals surface area contributed by atoms with Gasteiger partial charge in [0.2, 0.25) is 0 Å². The number of carbonyl (C=O) groups is 1. The van der Waals surface area contributed by atoms with Crippen LogP contribution in [0.2, 0.25) is 0 Å². The number of nitrogens with zero attached hydrogens (tertiary/aromatic N) is 1. The zero-order valence-corrected chi connectivity index (χ0v) is 14.5. The number of thioether (sulfide) groups is 1. The molecule has 3 aromatic rings. The summed E-state index contributed by atoms with van der Waals surface area (Å²) >= 11 is 3.19. The Labute approximate surface area is 142 Å². The number of hydrogen-bond acceptors (Lipinski definition) is 5. The van der Waals surface area contributed by atoms with Crippen LogP contribution < -0.4 is 10.1 Å². The van der Waals surface area contributed by atoms with Crippen LogP contribution in [0.5, 0.6) is 5.75 Å². The first kappa shape index (κ1) is 15.8. The largest absolute Gasteiger partial charge is 0.497 e. The van der Waals surface area contributed by atoms with Gasteiger partial charge in [0, 0.05) is 10.5 Å². The summed E-state index contributed by atoms with van der Waals surface area (Å²) in [7, 11) is 1.63. The zero-order chi connectivity index (χ0) is 16.2. The first-order valence-corrected chi connectivity index (χ1v) is 8.98. The number of anilines is 1. The Balaban J connectivity index is 1.76. The maximum Gasteiger partial charge on any atom is 0.257 e. The Kier molecular flexibility index (Phi) is 4.83. The monoisotopic (exact) mass is 344 g/mol. The number of nitrogens with one attached hydrogen (secondary N) is 1. The fourth-order valence-electron chi connectivity index (χ4n) is 2.12. The second kappa shape index (κ2) is 7.02. The van der Waals surface area contributed by atoms with Gasteiger partial charge < -0.3 is 4.74 Å². The van der Waals surface area contributed by atoms with Crippen LogP contribution in [0.25, 0.3) is 10.2 Å². The van der Waals surface area contributed by atoms with Crippen molar-refractivity contribution in [1.29, 1.82) is 0 Å². The Hall–Kier alpha value is -2.05. The predicted octanol–water partition coefficient (Wildman–Crippen LogP) is 4.67. The lowest BCUT2D eigenvalue weighted by atomic mass is 10.2. The minimum absolute atomic E-state index is 0.149. The number of carbonyl (C=O) groups excluding carboxylic acids is 1. The van der Waals surface area contributed by atoms with Gasteiger partial charge in [0.05, 0.1) is 17.3 Å². The first-order valence-electron chi connectivity index (χ1n) is 7.18. The van der Waals surface area contributed by atoms with Crippen LogP contribution >= 0.6 is 23.1 Å². The van der Waals surface area contributed by atoms with Crippen molar-refractivity contribution in [2.45, 2.75) is 11.8 Å². The van der Waals surface area contributed by atoms with Crippen LogP contribution in [0.4, 0.5) is 5.13 Å². The summed E-state index contributed by atoms with van der Waals surface area (Å²) in [6.07, 6.45) is 0. The fraction of sp³-hybridized carbons (Fsp3) is 0.176. The Morgan fingerprint density at radius 3 is 2.74 bits per heavy atom. The van der Waals surface area contributed by atoms with Gasteiger partial charge in [0.25, 0.3) is 5.91 Å². The lowest BCUT2D eigenvalue weighted by molar-refractivity contribution is 0.102. The van der Waals surface area contributed by atoms with Crippen LogP contribution in [0.3, 0.4) is 0 Å². The van der Waals surface area contributed by atoms with E-state index in [2.05, 4.69) is 17.2 Å². The highest BCUT2D eigenvalue weighted by molar-refractivity contribution is 7.99. The van der Waals surface area contributed by atoms with Crippen molar-refractivity contribution in [2.75, 3.05) is 18.2 Å². The summed E-state index contributed by atoms with van der Waals surface area (Å²) in [6.45, 7) is 2.10. The predicted molar refractivity (Wildman–Crippen MR) is 97.0 cm³/mol. The quantitative estimate of drug-likeness (QED) is 0.683. The van der Waals surface area contributed by atoms with E-state index in [-0.39, 0.29) is 5.91 Å². The van der Waals surface area contributed by atoms with Crippen molar-refractivity contribution in [3.05, 3.63) is 48.0 Å². The molecule has 118 valence electrons. The van der Waals surface area contributed by atoms with Crippen molar-refractivity contribution in [3.63, 3.8) is 0 Å². The molecule has 6 heteroatoms. The molecule has 0 saturated carbocycles. The second-order valence-corrected chi connectivity index (χ2v) is 7.13. The first-order chi connectivity index (χ1) is 11.2. The smallest absolute Gasteiger partial charge is 0.257 e. The van der Waals surface area contributed by atoms with E-state index in [0.29, 0.717) is 10.7 Å². The molecule has 1 heterocycles. The molecule has 4 nitrogen and oxygen atoms in total. The number of aromatic nitrogens is 1. The van der Waals surface area contributed by atoms with E-state index in [1.165, 1.54) is 11.3 Å². The van der Waals surface area contributed by atoms with E-state index in [1.807, 2.05) is 42.5 Å². The minimum atomic E-state index is -0.149. The lowest BCUT2D eigenvalue weighted by Crippen LogP contribution is -2.11. The summed E-state index contributed by atoms with van der Waals surface area (Å²) in [4.78, 5) is 17.9. The Morgan fingerprint density at radius 1 is 1.26 bits per heavy atom. The van der Waals surface area contributed by atoms with Gasteiger partial charge in [-0.1, -0.05) is 18.3 Å². The average Bonchev–Trinajstić information content (AvgIpc) is 2.96. The van der Waals surface area contributed by atoms with Crippen LogP contribution in [0.15, 0.2) is 47.4 Å². The number of ether oxygens (including phenoxy) is 1. The Bertz CT molecular complexity index is 828. The standard InChI is InChI=1S/C17H16N2O2S2/c1-3-22-13-7-4-11(5-8-13)16(20)19-17-18-14-9-6-12(21-2)10-15(14)23-17/h4-10H,3H2,1-2H3,(H,18,19,20). The fourth-order valence-corrected chi connectivity index (χ4v) is 3.68. The van der Waals surface area contributed by atoms with Crippen molar-refractivity contribution >= 4 is 44.4 Å². The third-order valence-electron chi connectivity index (χ3n) is 3.24. The van der Waals surface area contributed by atoms with Crippen molar-refractivity contribution in [2.24, 2.45) is 0 Å². The third kappa shape index (κ3) is 3.65. The van der Waals surface area contributed by atoms with Crippen molar-refractivity contribution < 1.29 is 9.53 Å². The molecule has 0 fully saturated rings. The summed E-state index contributed by atoms with van der Waals surface area (Å²) < 4.78 is 6.18. The van der Waals surface area contributed by atoms with E-state index < -0.39 is 0 Å². The highest BCUT2D eigenvalue weighted by Crippen LogP contribution is 2.29. The topological polar surface area (TPSA) is 51.2 Å². The van der Waals surface area contributed by atoms with Gasteiger partial charge in [0.15, 0.2) is 5.13 Å². The summed E-state index contributed by atoms with van der Waals surface area (Å²) in [5, 5.41) is 3.45. The summed E-state index contributed by atoms with van der Waals surface area (Å²) in [5.41, 5.74) is 1.48. The number of rotatable bonds is 5. The maximum atomic E-state index is 12.3. The summed E-state index contributed by atoms with van der Waals surface area (Å²) in [5.74, 6) is 1.65. The number of amides is 1. The van der Waals surface area contributed by atoms with Crippen molar-refractivity contribution in [3.8, 4) is 5.75 Å². The van der Waals surface area contributed by atoms with Crippen LogP contribution in [-0.2, 0) is 0 Å². The average molecular weight is 344 g/mol. The minimum Gasteiger partial charge on any atom is -0.497 e. The molecule has 0 atom stereocenters. The normalized spacial score (nSPS) is 10.7. The van der Waals surface area contributed by atoms with Crippen LogP contribution in [0.1, 0.15) is 17.3 Å². The van der Waals surface area contributed by atoms with Gasteiger partial charge >= 0.3 is 0 Å². The summed E-state index contributed by atoms with van der Waals surface area (Å²) in [6, 6.07) is 13.3. The highest BCUT2D eigenvalue weighted by Gasteiger charge is 2.10. The molecule has 0 aliphatic rings. The molecule has 0 unspecified atom stereocenters. The van der Waals surface area contributed by atoms with Gasteiger partial charge in [0.1, 0.15) is 5.75 Å². The molecular formula is C17H16N2O2S2. The van der Waals surface area contributed by atoms with Crippen LogP contribution in [-0.4, -0.2) is 23.8 Å². The van der Waals surface area contributed by atoms with Gasteiger partial charge in [-0.05, 0) is 48.2 Å². The molecule has 2 aromatic carbocycles. The van der Waals surface area contributed by atoms with Gasteiger partial charge in [-0.25, -0.2) is 4.98 Å². The number of thiazole rings is 1. The molecule has 3 rings (SSSR count). The number of hydrogen-bond donors (Lipinski definition) is 1. The molecule has 0 bridgehead atoms. The molecule has 1 amide bonds. The molecular weight excluding hydrogens is 328 g/mol. The molecule has 1 aromatic heterocycles. The second-order valence-electron chi connectivity index (χ2n) is 4.76. The molecule has 0 spiro atoms. The van der Waals surface area contributed by atoms with E-state index in [9.17, 15) is 4.79 Å². The van der Waals surface area contributed by atoms with Crippen LogP contribution in [0, 0.1) is 0 Å². The highest BCUT2D eigenvalue weighted by atomic mass is 32.2. The van der Waals surface area contributed by atoms with Gasteiger partial charge in [-0.3, -0.25) is 10.1 Å². The third-order valence-corrected chi connectivity index (χ3v) is 5.07.